The molecular formula is C12H18ClN. The van der Waals surface area contributed by atoms with Crippen LogP contribution in [-0.4, -0.2) is 11.5 Å². The highest BCUT2D eigenvalue weighted by Crippen LogP contribution is 2.13. The molecule has 0 bridgehead atoms. The summed E-state index contributed by atoms with van der Waals surface area (Å²) in [5.41, 5.74) is 1.35. The molecule has 1 atom stereocenters. The quantitative estimate of drug-likeness (QED) is 0.583. The van der Waals surface area contributed by atoms with E-state index in [0.29, 0.717) is 0 Å². The van der Waals surface area contributed by atoms with Crippen molar-refractivity contribution in [2.45, 2.75) is 31.7 Å². The molecule has 0 saturated carbocycles. The van der Waals surface area contributed by atoms with Crippen molar-refractivity contribution in [3.8, 4) is 0 Å². The Morgan fingerprint density at radius 1 is 1.29 bits per heavy atom. The van der Waals surface area contributed by atoms with Gasteiger partial charge < -0.3 is 0 Å². The van der Waals surface area contributed by atoms with Crippen molar-refractivity contribution in [1.82, 2.24) is 5.32 Å². The van der Waals surface area contributed by atoms with Crippen LogP contribution >= 0.6 is 11.6 Å². The van der Waals surface area contributed by atoms with E-state index in [1.165, 1.54) is 5.56 Å². The minimum absolute atomic E-state index is 0.255. The summed E-state index contributed by atoms with van der Waals surface area (Å²) in [5.74, 6) is 0. The van der Waals surface area contributed by atoms with E-state index in [2.05, 4.69) is 36.5 Å². The Balaban J connectivity index is 2.29. The molecule has 0 fully saturated rings. The van der Waals surface area contributed by atoms with Gasteiger partial charge in [-0.1, -0.05) is 37.3 Å². The highest BCUT2D eigenvalue weighted by atomic mass is 35.5. The summed E-state index contributed by atoms with van der Waals surface area (Å²) in [7, 11) is 0. The van der Waals surface area contributed by atoms with E-state index < -0.39 is 0 Å². The Morgan fingerprint density at radius 2 is 1.93 bits per heavy atom. The Morgan fingerprint density at radius 3 is 2.50 bits per heavy atom. The van der Waals surface area contributed by atoms with Crippen LogP contribution in [0.3, 0.4) is 0 Å². The zero-order chi connectivity index (χ0) is 10.4. The van der Waals surface area contributed by atoms with Crippen LogP contribution in [-0.2, 0) is 6.42 Å². The highest BCUT2D eigenvalue weighted by Gasteiger charge is 2.15. The third kappa shape index (κ3) is 4.12. The molecule has 0 amide bonds. The zero-order valence-electron chi connectivity index (χ0n) is 8.89. The minimum atomic E-state index is -0.255. The van der Waals surface area contributed by atoms with Gasteiger partial charge in [0, 0.05) is 6.54 Å². The first-order valence-corrected chi connectivity index (χ1v) is 5.50. The first-order chi connectivity index (χ1) is 6.64. The van der Waals surface area contributed by atoms with Crippen molar-refractivity contribution in [3.63, 3.8) is 0 Å². The predicted molar refractivity (Wildman–Crippen MR) is 62.7 cm³/mol. The SMILES string of the molecule is CCC(C)(Cl)NCCc1ccccc1. The summed E-state index contributed by atoms with van der Waals surface area (Å²) in [6, 6.07) is 10.4. The second kappa shape index (κ2) is 5.38. The molecule has 78 valence electrons. The topological polar surface area (TPSA) is 12.0 Å². The maximum Gasteiger partial charge on any atom is 0.0904 e. The van der Waals surface area contributed by atoms with Crippen LogP contribution in [0.15, 0.2) is 30.3 Å². The van der Waals surface area contributed by atoms with Crippen LogP contribution in [0.25, 0.3) is 0 Å². The maximum atomic E-state index is 6.18. The normalized spacial score (nSPS) is 15.1. The average Bonchev–Trinajstić information content (AvgIpc) is 2.19. The lowest BCUT2D eigenvalue weighted by atomic mass is 10.1. The van der Waals surface area contributed by atoms with E-state index >= 15 is 0 Å². The first-order valence-electron chi connectivity index (χ1n) is 5.12. The molecule has 1 N–H and O–H groups in total. The van der Waals surface area contributed by atoms with E-state index in [1.54, 1.807) is 0 Å². The lowest BCUT2D eigenvalue weighted by molar-refractivity contribution is 0.480. The second-order valence-electron chi connectivity index (χ2n) is 3.71. The van der Waals surface area contributed by atoms with Crippen LogP contribution in [0.4, 0.5) is 0 Å². The van der Waals surface area contributed by atoms with E-state index in [1.807, 2.05) is 13.0 Å². The predicted octanol–water partition coefficient (Wildman–Crippen LogP) is 3.18. The molecule has 0 spiro atoms. The first kappa shape index (κ1) is 11.5. The fourth-order valence-electron chi connectivity index (χ4n) is 1.24. The molecule has 0 radical (unpaired) electrons. The lowest BCUT2D eigenvalue weighted by Gasteiger charge is -2.21. The van der Waals surface area contributed by atoms with Crippen molar-refractivity contribution in [2.75, 3.05) is 6.54 Å². The largest absolute Gasteiger partial charge is 0.299 e. The summed E-state index contributed by atoms with van der Waals surface area (Å²) in [6.45, 7) is 5.03. The van der Waals surface area contributed by atoms with Gasteiger partial charge in [-0.15, -0.1) is 11.6 Å². The average molecular weight is 212 g/mol. The zero-order valence-corrected chi connectivity index (χ0v) is 9.64. The van der Waals surface area contributed by atoms with Crippen LogP contribution in [0.1, 0.15) is 25.8 Å². The Hall–Kier alpha value is -0.530. The molecule has 0 aliphatic rings. The summed E-state index contributed by atoms with van der Waals surface area (Å²) in [5, 5.41) is 3.32. The number of rotatable bonds is 5. The van der Waals surface area contributed by atoms with Gasteiger partial charge in [0.15, 0.2) is 0 Å². The molecule has 0 aromatic heterocycles. The monoisotopic (exact) mass is 211 g/mol. The number of alkyl halides is 1. The van der Waals surface area contributed by atoms with E-state index in [0.717, 1.165) is 19.4 Å². The third-order valence-corrected chi connectivity index (χ3v) is 2.81. The number of nitrogens with one attached hydrogen (secondary N) is 1. The molecule has 2 heteroatoms. The Kier molecular flexibility index (Phi) is 4.43. The van der Waals surface area contributed by atoms with Crippen molar-refractivity contribution >= 4 is 11.6 Å². The fraction of sp³-hybridized carbons (Fsp3) is 0.500. The molecule has 1 aromatic rings. The second-order valence-corrected chi connectivity index (χ2v) is 4.55. The standard InChI is InChI=1S/C12H18ClN/c1-3-12(2,13)14-10-9-11-7-5-4-6-8-11/h4-8,14H,3,9-10H2,1-2H3. The molecule has 1 aromatic carbocycles. The third-order valence-electron chi connectivity index (χ3n) is 2.41. The van der Waals surface area contributed by atoms with Gasteiger partial charge in [-0.25, -0.2) is 0 Å². The summed E-state index contributed by atoms with van der Waals surface area (Å²) < 4.78 is 0. The van der Waals surface area contributed by atoms with Crippen molar-refractivity contribution in [3.05, 3.63) is 35.9 Å². The van der Waals surface area contributed by atoms with Crippen molar-refractivity contribution in [1.29, 1.82) is 0 Å². The number of halogens is 1. The number of hydrogen-bond donors (Lipinski definition) is 1. The van der Waals surface area contributed by atoms with Gasteiger partial charge in [-0.3, -0.25) is 5.32 Å². The smallest absolute Gasteiger partial charge is 0.0904 e. The highest BCUT2D eigenvalue weighted by molar-refractivity contribution is 6.23. The number of benzene rings is 1. The van der Waals surface area contributed by atoms with Gasteiger partial charge in [-0.2, -0.15) is 0 Å². The molecule has 0 aliphatic carbocycles. The van der Waals surface area contributed by atoms with E-state index in [4.69, 9.17) is 11.6 Å². The van der Waals surface area contributed by atoms with Crippen LogP contribution in [0.2, 0.25) is 0 Å². The molecule has 14 heavy (non-hydrogen) atoms. The van der Waals surface area contributed by atoms with Crippen LogP contribution in [0.5, 0.6) is 0 Å². The van der Waals surface area contributed by atoms with Gasteiger partial charge in [0.05, 0.1) is 5.00 Å². The molecule has 0 heterocycles. The summed E-state index contributed by atoms with van der Waals surface area (Å²) in [4.78, 5) is -0.255. The Bertz CT molecular complexity index is 256. The fourth-order valence-corrected chi connectivity index (χ4v) is 1.33. The lowest BCUT2D eigenvalue weighted by Crippen LogP contribution is -2.37. The molecule has 1 rings (SSSR count). The number of hydrogen-bond acceptors (Lipinski definition) is 1. The summed E-state index contributed by atoms with van der Waals surface area (Å²) in [6.07, 6.45) is 1.96. The van der Waals surface area contributed by atoms with Gasteiger partial charge in [0.2, 0.25) is 0 Å². The van der Waals surface area contributed by atoms with Crippen molar-refractivity contribution < 1.29 is 0 Å². The van der Waals surface area contributed by atoms with Crippen LogP contribution in [0, 0.1) is 0 Å². The molecule has 0 aliphatic heterocycles. The van der Waals surface area contributed by atoms with E-state index in [9.17, 15) is 0 Å². The summed E-state index contributed by atoms with van der Waals surface area (Å²) >= 11 is 6.18. The molecule has 1 nitrogen and oxygen atoms in total. The minimum Gasteiger partial charge on any atom is -0.299 e. The molecular weight excluding hydrogens is 194 g/mol. The van der Waals surface area contributed by atoms with Gasteiger partial charge in [-0.05, 0) is 25.3 Å². The van der Waals surface area contributed by atoms with E-state index in [-0.39, 0.29) is 5.00 Å². The van der Waals surface area contributed by atoms with Gasteiger partial charge >= 0.3 is 0 Å². The molecule has 0 saturated heterocycles. The van der Waals surface area contributed by atoms with Gasteiger partial charge in [0.25, 0.3) is 0 Å². The van der Waals surface area contributed by atoms with Crippen LogP contribution < -0.4 is 5.32 Å². The Labute approximate surface area is 91.5 Å². The van der Waals surface area contributed by atoms with Gasteiger partial charge in [0.1, 0.15) is 0 Å². The molecule has 1 unspecified atom stereocenters. The maximum absolute atomic E-state index is 6.18. The van der Waals surface area contributed by atoms with Crippen molar-refractivity contribution in [2.24, 2.45) is 0 Å².